The Morgan fingerprint density at radius 3 is 2.64 bits per heavy atom. The predicted octanol–water partition coefficient (Wildman–Crippen LogP) is 2.54. The van der Waals surface area contributed by atoms with Gasteiger partial charge >= 0.3 is 0 Å². The van der Waals surface area contributed by atoms with Crippen LogP contribution in [0.3, 0.4) is 0 Å². The van der Waals surface area contributed by atoms with E-state index in [0.717, 1.165) is 12.1 Å². The van der Waals surface area contributed by atoms with Gasteiger partial charge in [-0.05, 0) is 31.5 Å². The second-order valence-corrected chi connectivity index (χ2v) is 4.66. The number of halogens is 2. The number of ether oxygens (including phenoxy) is 2. The highest BCUT2D eigenvalue weighted by Gasteiger charge is 2.06. The van der Waals surface area contributed by atoms with Crippen molar-refractivity contribution >= 4 is 29.9 Å². The fraction of sp³-hybridized carbons (Fsp3) is 0.533. The van der Waals surface area contributed by atoms with E-state index in [1.807, 2.05) is 13.8 Å². The summed E-state index contributed by atoms with van der Waals surface area (Å²) in [5, 5.41) is 6.37. The van der Waals surface area contributed by atoms with Gasteiger partial charge in [0.05, 0.1) is 20.3 Å². The summed E-state index contributed by atoms with van der Waals surface area (Å²) in [5.41, 5.74) is 0.782. The third-order valence-electron chi connectivity index (χ3n) is 2.78. The van der Waals surface area contributed by atoms with Crippen molar-refractivity contribution in [3.05, 3.63) is 29.6 Å². The molecule has 1 aromatic carbocycles. The molecule has 0 aromatic heterocycles. The Labute approximate surface area is 148 Å². The molecule has 0 saturated carbocycles. The summed E-state index contributed by atoms with van der Waals surface area (Å²) in [7, 11) is 3.10. The van der Waals surface area contributed by atoms with Crippen LogP contribution in [0.1, 0.15) is 19.4 Å². The first-order chi connectivity index (χ1) is 10.1. The second kappa shape index (κ2) is 11.5. The van der Waals surface area contributed by atoms with E-state index < -0.39 is 0 Å². The average Bonchev–Trinajstić information content (AvgIpc) is 2.45. The molecule has 126 valence electrons. The molecule has 5 nitrogen and oxygen atoms in total. The monoisotopic (exact) mass is 425 g/mol. The van der Waals surface area contributed by atoms with E-state index in [4.69, 9.17) is 9.47 Å². The minimum absolute atomic E-state index is 0. The topological polar surface area (TPSA) is 54.9 Å². The molecule has 1 atom stereocenters. The van der Waals surface area contributed by atoms with Crippen LogP contribution in [0.5, 0.6) is 5.75 Å². The summed E-state index contributed by atoms with van der Waals surface area (Å²) in [5.74, 6) is 0.538. The van der Waals surface area contributed by atoms with Crippen molar-refractivity contribution in [2.24, 2.45) is 4.99 Å². The van der Waals surface area contributed by atoms with Crippen molar-refractivity contribution in [2.45, 2.75) is 26.4 Å². The molecular formula is C15H25FIN3O2. The Hall–Kier alpha value is -1.09. The van der Waals surface area contributed by atoms with Gasteiger partial charge in [0.2, 0.25) is 0 Å². The number of methoxy groups -OCH3 is 2. The normalized spacial score (nSPS) is 12.3. The fourth-order valence-electron chi connectivity index (χ4n) is 1.82. The Morgan fingerprint density at radius 2 is 2.09 bits per heavy atom. The number of hydrogen-bond acceptors (Lipinski definition) is 3. The molecule has 0 radical (unpaired) electrons. The lowest BCUT2D eigenvalue weighted by molar-refractivity contribution is 0.179. The van der Waals surface area contributed by atoms with E-state index >= 15 is 0 Å². The highest BCUT2D eigenvalue weighted by atomic mass is 127. The molecule has 2 N–H and O–H groups in total. The molecule has 22 heavy (non-hydrogen) atoms. The van der Waals surface area contributed by atoms with Crippen LogP contribution in [0, 0.1) is 5.82 Å². The molecule has 1 rings (SSSR count). The van der Waals surface area contributed by atoms with Gasteiger partial charge in [-0.15, -0.1) is 24.0 Å². The molecule has 0 aliphatic heterocycles. The van der Waals surface area contributed by atoms with Crippen LogP contribution in [0.4, 0.5) is 4.39 Å². The van der Waals surface area contributed by atoms with Crippen molar-refractivity contribution < 1.29 is 13.9 Å². The smallest absolute Gasteiger partial charge is 0.191 e. The van der Waals surface area contributed by atoms with Crippen molar-refractivity contribution in [1.82, 2.24) is 10.6 Å². The standard InChI is InChI=1S/C15H24FN3O2.HI/c1-5-17-15(19-11(2)10-20-3)18-9-12-6-7-14(21-4)13(16)8-12;/h6-8,11H,5,9-10H2,1-4H3,(H2,17,18,19);1H. The molecule has 0 aliphatic carbocycles. The van der Waals surface area contributed by atoms with Gasteiger partial charge in [-0.2, -0.15) is 0 Å². The Bertz CT molecular complexity index is 472. The predicted molar refractivity (Wildman–Crippen MR) is 97.7 cm³/mol. The minimum atomic E-state index is -0.379. The van der Waals surface area contributed by atoms with Crippen molar-refractivity contribution in [3.8, 4) is 5.75 Å². The van der Waals surface area contributed by atoms with Crippen LogP contribution in [-0.2, 0) is 11.3 Å². The zero-order valence-electron chi connectivity index (χ0n) is 13.5. The maximum absolute atomic E-state index is 13.6. The molecule has 7 heteroatoms. The largest absolute Gasteiger partial charge is 0.494 e. The molecule has 0 aliphatic rings. The van der Waals surface area contributed by atoms with Crippen LogP contribution >= 0.6 is 24.0 Å². The van der Waals surface area contributed by atoms with Crippen molar-refractivity contribution in [1.29, 1.82) is 0 Å². The molecule has 0 spiro atoms. The van der Waals surface area contributed by atoms with E-state index in [0.29, 0.717) is 19.1 Å². The Balaban J connectivity index is 0.00000441. The summed E-state index contributed by atoms with van der Waals surface area (Å²) in [6, 6.07) is 4.98. The number of guanidine groups is 1. The maximum Gasteiger partial charge on any atom is 0.191 e. The zero-order chi connectivity index (χ0) is 15.7. The van der Waals surface area contributed by atoms with Crippen LogP contribution in [0.2, 0.25) is 0 Å². The van der Waals surface area contributed by atoms with Gasteiger partial charge in [-0.25, -0.2) is 9.38 Å². The number of hydrogen-bond donors (Lipinski definition) is 2. The summed E-state index contributed by atoms with van der Waals surface area (Å²) >= 11 is 0. The highest BCUT2D eigenvalue weighted by Crippen LogP contribution is 2.17. The molecule has 0 heterocycles. The van der Waals surface area contributed by atoms with Crippen LogP contribution < -0.4 is 15.4 Å². The van der Waals surface area contributed by atoms with Gasteiger partial charge in [0.25, 0.3) is 0 Å². The van der Waals surface area contributed by atoms with Gasteiger partial charge in [0.1, 0.15) is 0 Å². The lowest BCUT2D eigenvalue weighted by Gasteiger charge is -2.17. The first kappa shape index (κ1) is 20.9. The molecule has 0 saturated heterocycles. The van der Waals surface area contributed by atoms with E-state index in [1.165, 1.54) is 13.2 Å². The molecule has 1 aromatic rings. The third-order valence-corrected chi connectivity index (χ3v) is 2.78. The van der Waals surface area contributed by atoms with E-state index in [9.17, 15) is 4.39 Å². The lowest BCUT2D eigenvalue weighted by Crippen LogP contribution is -2.43. The van der Waals surface area contributed by atoms with Crippen LogP contribution in [0.25, 0.3) is 0 Å². The van der Waals surface area contributed by atoms with E-state index in [2.05, 4.69) is 15.6 Å². The summed E-state index contributed by atoms with van der Waals surface area (Å²) in [4.78, 5) is 4.43. The van der Waals surface area contributed by atoms with E-state index in [-0.39, 0.29) is 41.6 Å². The quantitative estimate of drug-likeness (QED) is 0.401. The number of rotatable bonds is 7. The van der Waals surface area contributed by atoms with Crippen molar-refractivity contribution in [2.75, 3.05) is 27.4 Å². The summed E-state index contributed by atoms with van der Waals surface area (Å²) < 4.78 is 23.6. The molecule has 0 fully saturated rings. The second-order valence-electron chi connectivity index (χ2n) is 4.66. The lowest BCUT2D eigenvalue weighted by atomic mass is 10.2. The number of nitrogens with one attached hydrogen (secondary N) is 2. The summed E-state index contributed by atoms with van der Waals surface area (Å²) in [6.45, 7) is 5.72. The zero-order valence-corrected chi connectivity index (χ0v) is 15.8. The number of benzene rings is 1. The molecule has 1 unspecified atom stereocenters. The van der Waals surface area contributed by atoms with Crippen LogP contribution in [0.15, 0.2) is 23.2 Å². The number of aliphatic imine (C=N–C) groups is 1. The van der Waals surface area contributed by atoms with Gasteiger partial charge in [-0.1, -0.05) is 6.07 Å². The molecule has 0 bridgehead atoms. The SMILES string of the molecule is CCNC(=NCc1ccc(OC)c(F)c1)NC(C)COC.I. The average molecular weight is 425 g/mol. The number of nitrogens with zero attached hydrogens (tertiary/aromatic N) is 1. The fourth-order valence-corrected chi connectivity index (χ4v) is 1.82. The van der Waals surface area contributed by atoms with Gasteiger partial charge in [0.15, 0.2) is 17.5 Å². The van der Waals surface area contributed by atoms with Crippen molar-refractivity contribution in [3.63, 3.8) is 0 Å². The first-order valence-corrected chi connectivity index (χ1v) is 6.96. The van der Waals surface area contributed by atoms with Gasteiger partial charge in [0, 0.05) is 19.7 Å². The maximum atomic E-state index is 13.6. The Kier molecular flexibility index (Phi) is 10.9. The molecule has 0 amide bonds. The minimum Gasteiger partial charge on any atom is -0.494 e. The Morgan fingerprint density at radius 1 is 1.36 bits per heavy atom. The van der Waals surface area contributed by atoms with Gasteiger partial charge in [-0.3, -0.25) is 0 Å². The first-order valence-electron chi connectivity index (χ1n) is 6.96. The summed E-state index contributed by atoms with van der Waals surface area (Å²) in [6.07, 6.45) is 0. The highest BCUT2D eigenvalue weighted by molar-refractivity contribution is 14.0. The van der Waals surface area contributed by atoms with Gasteiger partial charge < -0.3 is 20.1 Å². The molecular weight excluding hydrogens is 400 g/mol. The van der Waals surface area contributed by atoms with Crippen LogP contribution in [-0.4, -0.2) is 39.4 Å². The third kappa shape index (κ3) is 7.26. The van der Waals surface area contributed by atoms with E-state index in [1.54, 1.807) is 19.2 Å².